The lowest BCUT2D eigenvalue weighted by molar-refractivity contribution is 0.0719. The highest BCUT2D eigenvalue weighted by molar-refractivity contribution is 5.67. The Labute approximate surface area is 139 Å². The summed E-state index contributed by atoms with van der Waals surface area (Å²) in [5, 5.41) is 3.05. The van der Waals surface area contributed by atoms with Crippen LogP contribution in [0, 0.1) is 5.92 Å². The van der Waals surface area contributed by atoms with Crippen LogP contribution in [0.2, 0.25) is 0 Å². The van der Waals surface area contributed by atoms with Gasteiger partial charge in [0, 0.05) is 18.6 Å². The van der Waals surface area contributed by atoms with Gasteiger partial charge in [0.25, 0.3) is 0 Å². The summed E-state index contributed by atoms with van der Waals surface area (Å²) in [5.74, 6) is 0.860. The van der Waals surface area contributed by atoms with Crippen LogP contribution in [0.5, 0.6) is 0 Å². The summed E-state index contributed by atoms with van der Waals surface area (Å²) in [5.41, 5.74) is 1.02. The van der Waals surface area contributed by atoms with Crippen LogP contribution in [0.4, 0.5) is 4.79 Å². The molecule has 3 rings (SSSR count). The molecule has 0 spiro atoms. The number of nitrogens with zero attached hydrogens (tertiary/aromatic N) is 1. The number of rotatable bonds is 5. The van der Waals surface area contributed by atoms with Crippen LogP contribution in [-0.2, 0) is 11.3 Å². The monoisotopic (exact) mass is 316 g/mol. The fourth-order valence-corrected chi connectivity index (χ4v) is 3.65. The van der Waals surface area contributed by atoms with Gasteiger partial charge in [-0.3, -0.25) is 4.90 Å². The molecule has 1 saturated carbocycles. The first-order valence-corrected chi connectivity index (χ1v) is 8.93. The number of hydrogen-bond acceptors (Lipinski definition) is 3. The van der Waals surface area contributed by atoms with Crippen molar-refractivity contribution in [1.82, 2.24) is 10.2 Å². The first-order chi connectivity index (χ1) is 11.2. The average molecular weight is 316 g/mol. The molecule has 2 unspecified atom stereocenters. The van der Waals surface area contributed by atoms with E-state index in [1.54, 1.807) is 0 Å². The molecule has 2 fully saturated rings. The second-order valence-electron chi connectivity index (χ2n) is 6.97. The first-order valence-electron chi connectivity index (χ1n) is 8.93. The van der Waals surface area contributed by atoms with Gasteiger partial charge in [-0.25, -0.2) is 4.79 Å². The van der Waals surface area contributed by atoms with Crippen molar-refractivity contribution >= 4 is 6.09 Å². The Morgan fingerprint density at radius 1 is 1.26 bits per heavy atom. The van der Waals surface area contributed by atoms with Gasteiger partial charge in [0.05, 0.1) is 0 Å². The summed E-state index contributed by atoms with van der Waals surface area (Å²) in [6.07, 6.45) is 6.03. The molecule has 23 heavy (non-hydrogen) atoms. The predicted octanol–water partition coefficient (Wildman–Crippen LogP) is 3.57. The fourth-order valence-electron chi connectivity index (χ4n) is 3.65. The van der Waals surface area contributed by atoms with Crippen molar-refractivity contribution in [3.05, 3.63) is 35.9 Å². The summed E-state index contributed by atoms with van der Waals surface area (Å²) in [7, 11) is 0. The second kappa shape index (κ2) is 7.82. The van der Waals surface area contributed by atoms with Crippen LogP contribution in [0.25, 0.3) is 0 Å². The normalized spacial score (nSPS) is 23.8. The molecule has 1 aromatic carbocycles. The zero-order chi connectivity index (χ0) is 16.1. The van der Waals surface area contributed by atoms with Gasteiger partial charge < -0.3 is 10.1 Å². The molecule has 0 bridgehead atoms. The molecule has 1 amide bonds. The summed E-state index contributed by atoms with van der Waals surface area (Å²) >= 11 is 0. The molecule has 126 valence electrons. The van der Waals surface area contributed by atoms with Crippen molar-refractivity contribution in [1.29, 1.82) is 0 Å². The van der Waals surface area contributed by atoms with Crippen LogP contribution >= 0.6 is 0 Å². The Kier molecular flexibility index (Phi) is 5.55. The molecule has 1 heterocycles. The van der Waals surface area contributed by atoms with E-state index in [0.29, 0.717) is 12.6 Å². The zero-order valence-electron chi connectivity index (χ0n) is 14.0. The van der Waals surface area contributed by atoms with E-state index in [1.165, 1.54) is 19.3 Å². The van der Waals surface area contributed by atoms with Gasteiger partial charge >= 0.3 is 6.09 Å². The molecule has 4 nitrogen and oxygen atoms in total. The van der Waals surface area contributed by atoms with E-state index in [1.807, 2.05) is 30.3 Å². The number of hydrogen-bond donors (Lipinski definition) is 1. The van der Waals surface area contributed by atoms with Crippen molar-refractivity contribution in [2.24, 2.45) is 5.92 Å². The summed E-state index contributed by atoms with van der Waals surface area (Å²) in [6.45, 7) is 4.80. The minimum Gasteiger partial charge on any atom is -0.445 e. The number of likely N-dealkylation sites (tertiary alicyclic amines) is 1. The quantitative estimate of drug-likeness (QED) is 0.903. The largest absolute Gasteiger partial charge is 0.445 e. The third kappa shape index (κ3) is 4.47. The highest BCUT2D eigenvalue weighted by Gasteiger charge is 2.31. The number of nitrogens with one attached hydrogen (secondary N) is 1. The van der Waals surface area contributed by atoms with E-state index >= 15 is 0 Å². The number of ether oxygens (including phenoxy) is 1. The minimum atomic E-state index is -0.294. The van der Waals surface area contributed by atoms with Gasteiger partial charge in [-0.05, 0) is 50.6 Å². The van der Waals surface area contributed by atoms with Gasteiger partial charge in [0.2, 0.25) is 0 Å². The Bertz CT molecular complexity index is 501. The lowest BCUT2D eigenvalue weighted by Gasteiger charge is -2.43. The lowest BCUT2D eigenvalue weighted by atomic mass is 9.79. The number of piperidine rings is 1. The maximum atomic E-state index is 12.0. The van der Waals surface area contributed by atoms with Crippen LogP contribution in [0.3, 0.4) is 0 Å². The van der Waals surface area contributed by atoms with E-state index in [2.05, 4.69) is 17.1 Å². The first kappa shape index (κ1) is 16.3. The van der Waals surface area contributed by atoms with Gasteiger partial charge in [0.15, 0.2) is 0 Å². The number of alkyl carbamates (subject to hydrolysis) is 1. The third-order valence-corrected chi connectivity index (χ3v) is 5.40. The standard InChI is InChI=1S/C19H28N2O2/c1-15(17-9-5-10-17)21-12-6-11-18(13-21)20-19(22)23-14-16-7-3-2-4-8-16/h2-4,7-8,15,17-18H,5-6,9-14H2,1H3,(H,20,22). The topological polar surface area (TPSA) is 41.6 Å². The SMILES string of the molecule is CC(C1CCC1)N1CCCC(NC(=O)OCc2ccccc2)C1. The molecular weight excluding hydrogens is 288 g/mol. The van der Waals surface area contributed by atoms with Crippen LogP contribution in [0.15, 0.2) is 30.3 Å². The van der Waals surface area contributed by atoms with Gasteiger partial charge in [-0.15, -0.1) is 0 Å². The van der Waals surface area contributed by atoms with Crippen molar-refractivity contribution in [2.75, 3.05) is 13.1 Å². The Morgan fingerprint density at radius 2 is 2.04 bits per heavy atom. The van der Waals surface area contributed by atoms with Gasteiger partial charge in [-0.2, -0.15) is 0 Å². The molecule has 1 N–H and O–H groups in total. The molecule has 4 heteroatoms. The molecule has 1 aliphatic carbocycles. The summed E-state index contributed by atoms with van der Waals surface area (Å²) in [4.78, 5) is 14.6. The molecular formula is C19H28N2O2. The van der Waals surface area contributed by atoms with Crippen LogP contribution in [0.1, 0.15) is 44.6 Å². The summed E-state index contributed by atoms with van der Waals surface area (Å²) < 4.78 is 5.34. The number of benzene rings is 1. The van der Waals surface area contributed by atoms with Crippen molar-refractivity contribution in [2.45, 2.75) is 57.7 Å². The minimum absolute atomic E-state index is 0.217. The predicted molar refractivity (Wildman–Crippen MR) is 91.2 cm³/mol. The Balaban J connectivity index is 1.42. The Morgan fingerprint density at radius 3 is 2.74 bits per heavy atom. The highest BCUT2D eigenvalue weighted by atomic mass is 16.5. The van der Waals surface area contributed by atoms with Crippen molar-refractivity contribution < 1.29 is 9.53 Å². The van der Waals surface area contributed by atoms with Crippen molar-refractivity contribution in [3.63, 3.8) is 0 Å². The van der Waals surface area contributed by atoms with Gasteiger partial charge in [0.1, 0.15) is 6.61 Å². The average Bonchev–Trinajstić information content (AvgIpc) is 2.52. The molecule has 0 radical (unpaired) electrons. The molecule has 2 aliphatic rings. The highest BCUT2D eigenvalue weighted by Crippen LogP contribution is 2.33. The van der Waals surface area contributed by atoms with E-state index < -0.39 is 0 Å². The smallest absolute Gasteiger partial charge is 0.407 e. The Hall–Kier alpha value is -1.55. The van der Waals surface area contributed by atoms with Crippen molar-refractivity contribution in [3.8, 4) is 0 Å². The number of carbonyl (C=O) groups is 1. The molecule has 1 aliphatic heterocycles. The molecule has 1 saturated heterocycles. The van der Waals surface area contributed by atoms with E-state index in [9.17, 15) is 4.79 Å². The van der Waals surface area contributed by atoms with Gasteiger partial charge in [-0.1, -0.05) is 36.8 Å². The second-order valence-corrected chi connectivity index (χ2v) is 6.97. The fraction of sp³-hybridized carbons (Fsp3) is 0.632. The number of carbonyl (C=O) groups excluding carboxylic acids is 1. The molecule has 2 atom stereocenters. The number of amides is 1. The van der Waals surface area contributed by atoms with E-state index in [0.717, 1.165) is 37.4 Å². The maximum absolute atomic E-state index is 12.0. The maximum Gasteiger partial charge on any atom is 0.407 e. The van der Waals surface area contributed by atoms with Crippen LogP contribution in [-0.4, -0.2) is 36.2 Å². The van der Waals surface area contributed by atoms with E-state index in [4.69, 9.17) is 4.74 Å². The summed E-state index contributed by atoms with van der Waals surface area (Å²) in [6, 6.07) is 10.7. The van der Waals surface area contributed by atoms with Crippen LogP contribution < -0.4 is 5.32 Å². The lowest BCUT2D eigenvalue weighted by Crippen LogP contribution is -2.52. The molecule has 0 aromatic heterocycles. The zero-order valence-corrected chi connectivity index (χ0v) is 14.0. The molecule has 1 aromatic rings. The van der Waals surface area contributed by atoms with E-state index in [-0.39, 0.29) is 12.1 Å². The third-order valence-electron chi connectivity index (χ3n) is 5.40.